The Morgan fingerprint density at radius 1 is 0.941 bits per heavy atom. The van der Waals surface area contributed by atoms with Crippen molar-refractivity contribution in [3.63, 3.8) is 0 Å². The minimum absolute atomic E-state index is 0.0306. The summed E-state index contributed by atoms with van der Waals surface area (Å²) in [5, 5.41) is 0. The lowest BCUT2D eigenvalue weighted by atomic mass is 9.95. The Morgan fingerprint density at radius 2 is 1.62 bits per heavy atom. The Balaban J connectivity index is 1.31. The molecule has 2 fully saturated rings. The molecule has 3 aliphatic rings. The first-order chi connectivity index (χ1) is 16.4. The highest BCUT2D eigenvalue weighted by molar-refractivity contribution is 7.89. The summed E-state index contributed by atoms with van der Waals surface area (Å²) in [5.74, 6) is -0.701. The first-order valence-corrected chi connectivity index (χ1v) is 13.4. The SMILES string of the molecule is COC(=O)c1ccccc1S(=O)(=O)N1CCC(C(=O)N(C2CC2)C2CCc3ccccc32)CC1. The number of ether oxygens (including phenoxy) is 1. The van der Waals surface area contributed by atoms with Crippen molar-refractivity contribution in [2.75, 3.05) is 20.2 Å². The van der Waals surface area contributed by atoms with Crippen LogP contribution in [0.1, 0.15) is 59.6 Å². The maximum atomic E-state index is 13.7. The molecule has 0 bridgehead atoms. The highest BCUT2D eigenvalue weighted by Crippen LogP contribution is 2.43. The van der Waals surface area contributed by atoms with Crippen molar-refractivity contribution in [1.82, 2.24) is 9.21 Å². The van der Waals surface area contributed by atoms with E-state index >= 15 is 0 Å². The number of carbonyl (C=O) groups excluding carboxylic acids is 2. The molecule has 1 heterocycles. The molecule has 1 amide bonds. The van der Waals surface area contributed by atoms with Gasteiger partial charge >= 0.3 is 5.97 Å². The van der Waals surface area contributed by atoms with E-state index in [-0.39, 0.29) is 41.4 Å². The number of benzene rings is 2. The van der Waals surface area contributed by atoms with Gasteiger partial charge in [0.05, 0.1) is 23.6 Å². The summed E-state index contributed by atoms with van der Waals surface area (Å²) < 4.78 is 32.8. The van der Waals surface area contributed by atoms with Crippen molar-refractivity contribution in [1.29, 1.82) is 0 Å². The maximum absolute atomic E-state index is 13.7. The predicted octanol–water partition coefficient (Wildman–Crippen LogP) is 3.55. The fourth-order valence-corrected chi connectivity index (χ4v) is 7.08. The van der Waals surface area contributed by atoms with Crippen molar-refractivity contribution < 1.29 is 22.7 Å². The minimum Gasteiger partial charge on any atom is -0.465 e. The summed E-state index contributed by atoms with van der Waals surface area (Å²) in [6.45, 7) is 0.516. The van der Waals surface area contributed by atoms with Crippen molar-refractivity contribution in [2.45, 2.75) is 55.5 Å². The molecule has 2 aliphatic carbocycles. The molecule has 0 aromatic heterocycles. The van der Waals surface area contributed by atoms with Gasteiger partial charge in [0.2, 0.25) is 15.9 Å². The molecule has 180 valence electrons. The lowest BCUT2D eigenvalue weighted by Crippen LogP contribution is -2.46. The van der Waals surface area contributed by atoms with E-state index in [1.807, 2.05) is 6.07 Å². The molecular formula is C26H30N2O5S. The smallest absolute Gasteiger partial charge is 0.339 e. The van der Waals surface area contributed by atoms with Gasteiger partial charge in [-0.1, -0.05) is 36.4 Å². The highest BCUT2D eigenvalue weighted by Gasteiger charge is 2.43. The van der Waals surface area contributed by atoms with E-state index < -0.39 is 16.0 Å². The van der Waals surface area contributed by atoms with Gasteiger partial charge in [0.15, 0.2) is 0 Å². The van der Waals surface area contributed by atoms with Crippen LogP contribution in [0.4, 0.5) is 0 Å². The highest BCUT2D eigenvalue weighted by atomic mass is 32.2. The zero-order chi connectivity index (χ0) is 23.9. The molecule has 0 spiro atoms. The molecule has 2 aromatic rings. The average Bonchev–Trinajstić information content (AvgIpc) is 3.62. The van der Waals surface area contributed by atoms with Gasteiger partial charge in [0, 0.05) is 25.0 Å². The van der Waals surface area contributed by atoms with Crippen LogP contribution in [0.5, 0.6) is 0 Å². The van der Waals surface area contributed by atoms with Crippen LogP contribution in [-0.2, 0) is 26.0 Å². The Labute approximate surface area is 200 Å². The van der Waals surface area contributed by atoms with Gasteiger partial charge in [-0.05, 0) is 61.8 Å². The molecule has 1 saturated carbocycles. The molecule has 0 N–H and O–H groups in total. The number of nitrogens with zero attached hydrogens (tertiary/aromatic N) is 2. The van der Waals surface area contributed by atoms with Gasteiger partial charge in [-0.15, -0.1) is 0 Å². The second-order valence-corrected chi connectivity index (χ2v) is 11.3. The van der Waals surface area contributed by atoms with Crippen LogP contribution in [0.3, 0.4) is 0 Å². The fraction of sp³-hybridized carbons (Fsp3) is 0.462. The van der Waals surface area contributed by atoms with Gasteiger partial charge in [-0.3, -0.25) is 4.79 Å². The summed E-state index contributed by atoms with van der Waals surface area (Å²) >= 11 is 0. The van der Waals surface area contributed by atoms with E-state index in [0.29, 0.717) is 18.9 Å². The van der Waals surface area contributed by atoms with Gasteiger partial charge in [-0.25, -0.2) is 13.2 Å². The van der Waals surface area contributed by atoms with Gasteiger partial charge < -0.3 is 9.64 Å². The summed E-state index contributed by atoms with van der Waals surface area (Å²) in [7, 11) is -2.64. The van der Waals surface area contributed by atoms with Gasteiger partial charge in [0.1, 0.15) is 0 Å². The van der Waals surface area contributed by atoms with Crippen molar-refractivity contribution in [3.8, 4) is 0 Å². The lowest BCUT2D eigenvalue weighted by molar-refractivity contribution is -0.140. The summed E-state index contributed by atoms with van der Waals surface area (Å²) in [6, 6.07) is 14.9. The third kappa shape index (κ3) is 4.14. The number of carbonyl (C=O) groups is 2. The second kappa shape index (κ2) is 9.15. The lowest BCUT2D eigenvalue weighted by Gasteiger charge is -2.37. The van der Waals surface area contributed by atoms with Crippen LogP contribution in [0.2, 0.25) is 0 Å². The molecule has 5 rings (SSSR count). The first-order valence-electron chi connectivity index (χ1n) is 12.0. The van der Waals surface area contributed by atoms with Crippen molar-refractivity contribution in [2.24, 2.45) is 5.92 Å². The van der Waals surface area contributed by atoms with Crippen LogP contribution in [0, 0.1) is 5.92 Å². The summed E-state index contributed by atoms with van der Waals surface area (Å²) in [5.41, 5.74) is 2.63. The molecular weight excluding hydrogens is 452 g/mol. The third-order valence-electron chi connectivity index (χ3n) is 7.35. The molecule has 8 heteroatoms. The molecule has 1 aliphatic heterocycles. The van der Waals surface area contributed by atoms with E-state index in [1.165, 1.54) is 34.7 Å². The maximum Gasteiger partial charge on any atom is 0.339 e. The summed E-state index contributed by atoms with van der Waals surface area (Å²) in [6.07, 6.45) is 5.00. The van der Waals surface area contributed by atoms with E-state index in [9.17, 15) is 18.0 Å². The molecule has 34 heavy (non-hydrogen) atoms. The van der Waals surface area contributed by atoms with Crippen LogP contribution in [-0.4, -0.2) is 55.7 Å². The fourth-order valence-electron chi connectivity index (χ4n) is 5.43. The molecule has 1 atom stereocenters. The number of sulfonamides is 1. The number of piperidine rings is 1. The Kier molecular flexibility index (Phi) is 6.20. The van der Waals surface area contributed by atoms with Crippen LogP contribution < -0.4 is 0 Å². The average molecular weight is 483 g/mol. The van der Waals surface area contributed by atoms with E-state index in [4.69, 9.17) is 4.74 Å². The number of hydrogen-bond donors (Lipinski definition) is 0. The van der Waals surface area contributed by atoms with Crippen molar-refractivity contribution in [3.05, 3.63) is 65.2 Å². The quantitative estimate of drug-likeness (QED) is 0.588. The molecule has 0 radical (unpaired) electrons. The monoisotopic (exact) mass is 482 g/mol. The van der Waals surface area contributed by atoms with Crippen molar-refractivity contribution >= 4 is 21.9 Å². The Hall–Kier alpha value is -2.71. The number of hydrogen-bond acceptors (Lipinski definition) is 5. The number of esters is 1. The number of amides is 1. The largest absolute Gasteiger partial charge is 0.465 e. The topological polar surface area (TPSA) is 84.0 Å². The standard InChI is InChI=1S/C26H30N2O5S/c1-33-26(30)22-8-4-5-9-24(22)34(31,32)27-16-14-19(15-17-27)25(29)28(20-11-12-20)23-13-10-18-6-2-3-7-21(18)23/h2-9,19-20,23H,10-17H2,1H3. The molecule has 2 aromatic carbocycles. The molecule has 7 nitrogen and oxygen atoms in total. The minimum atomic E-state index is -3.87. The zero-order valence-corrected chi connectivity index (χ0v) is 20.2. The van der Waals surface area contributed by atoms with Crippen LogP contribution >= 0.6 is 0 Å². The number of rotatable bonds is 6. The van der Waals surface area contributed by atoms with Gasteiger partial charge in [0.25, 0.3) is 0 Å². The van der Waals surface area contributed by atoms with E-state index in [0.717, 1.165) is 25.7 Å². The van der Waals surface area contributed by atoms with E-state index in [2.05, 4.69) is 23.1 Å². The predicted molar refractivity (Wildman–Crippen MR) is 127 cm³/mol. The van der Waals surface area contributed by atoms with Gasteiger partial charge in [-0.2, -0.15) is 4.31 Å². The second-order valence-electron chi connectivity index (χ2n) is 9.40. The first kappa shape index (κ1) is 23.1. The van der Waals surface area contributed by atoms with Crippen LogP contribution in [0.25, 0.3) is 0 Å². The molecule has 1 unspecified atom stereocenters. The molecule has 1 saturated heterocycles. The number of fused-ring (bicyclic) bond motifs is 1. The van der Waals surface area contributed by atoms with Crippen LogP contribution in [0.15, 0.2) is 53.4 Å². The Bertz CT molecular complexity index is 1200. The third-order valence-corrected chi connectivity index (χ3v) is 9.30. The van der Waals surface area contributed by atoms with E-state index in [1.54, 1.807) is 12.1 Å². The number of aryl methyl sites for hydroxylation is 1. The number of methoxy groups -OCH3 is 1. The Morgan fingerprint density at radius 3 is 2.32 bits per heavy atom. The zero-order valence-electron chi connectivity index (χ0n) is 19.4. The normalized spacial score (nSPS) is 21.1. The summed E-state index contributed by atoms with van der Waals surface area (Å²) in [4.78, 5) is 27.9.